The lowest BCUT2D eigenvalue weighted by atomic mass is 10.1. The lowest BCUT2D eigenvalue weighted by Crippen LogP contribution is -2.51. The molecule has 0 aromatic heterocycles. The summed E-state index contributed by atoms with van der Waals surface area (Å²) in [7, 11) is 0. The Bertz CT molecular complexity index is 483. The Morgan fingerprint density at radius 1 is 1.50 bits per heavy atom. The van der Waals surface area contributed by atoms with Gasteiger partial charge in [-0.1, -0.05) is 29.3 Å². The first-order valence-corrected chi connectivity index (χ1v) is 6.86. The van der Waals surface area contributed by atoms with E-state index < -0.39 is 0 Å². The number of morpholine rings is 1. The van der Waals surface area contributed by atoms with Crippen LogP contribution in [0.2, 0.25) is 10.0 Å². The third-order valence-corrected chi connectivity index (χ3v) is 3.97. The first-order chi connectivity index (χ1) is 9.00. The molecule has 1 aliphatic rings. The van der Waals surface area contributed by atoms with E-state index in [1.54, 1.807) is 23.1 Å². The zero-order valence-corrected chi connectivity index (χ0v) is 13.3. The van der Waals surface area contributed by atoms with Gasteiger partial charge < -0.3 is 15.4 Å². The van der Waals surface area contributed by atoms with Gasteiger partial charge in [0.05, 0.1) is 28.3 Å². The minimum Gasteiger partial charge on any atom is -0.373 e. The Morgan fingerprint density at radius 2 is 2.20 bits per heavy atom. The van der Waals surface area contributed by atoms with Crippen molar-refractivity contribution in [2.24, 2.45) is 5.73 Å². The van der Waals surface area contributed by atoms with Crippen LogP contribution in [0.3, 0.4) is 0 Å². The van der Waals surface area contributed by atoms with Crippen LogP contribution < -0.4 is 5.73 Å². The summed E-state index contributed by atoms with van der Waals surface area (Å²) in [5.41, 5.74) is 6.23. The van der Waals surface area contributed by atoms with Crippen LogP contribution in [0.5, 0.6) is 0 Å². The quantitative estimate of drug-likeness (QED) is 0.901. The molecule has 2 atom stereocenters. The number of hydrogen-bond acceptors (Lipinski definition) is 3. The summed E-state index contributed by atoms with van der Waals surface area (Å²) < 4.78 is 5.53. The molecule has 20 heavy (non-hydrogen) atoms. The molecule has 2 unspecified atom stereocenters. The van der Waals surface area contributed by atoms with Crippen LogP contribution in [0.25, 0.3) is 0 Å². The number of carbonyl (C=O) groups is 1. The summed E-state index contributed by atoms with van der Waals surface area (Å²) in [5.74, 6) is -0.138. The molecule has 1 aromatic rings. The monoisotopic (exact) mass is 338 g/mol. The normalized spacial score (nSPS) is 20.2. The van der Waals surface area contributed by atoms with Crippen LogP contribution in [-0.4, -0.2) is 42.6 Å². The molecule has 2 rings (SSSR count). The van der Waals surface area contributed by atoms with Crippen molar-refractivity contribution in [3.05, 3.63) is 33.8 Å². The Labute approximate surface area is 134 Å². The summed E-state index contributed by atoms with van der Waals surface area (Å²) in [6, 6.07) is 4.92. The highest BCUT2D eigenvalue weighted by molar-refractivity contribution is 6.43. The van der Waals surface area contributed by atoms with Gasteiger partial charge in [0.1, 0.15) is 0 Å². The standard InChI is InChI=1S/C13H16Cl2N2O2.ClH/c1-8(16)11-7-17(5-6-19-11)13(18)9-3-2-4-10(14)12(9)15;/h2-4,8,11H,5-7,16H2,1H3;1H. The van der Waals surface area contributed by atoms with Crippen molar-refractivity contribution >= 4 is 41.5 Å². The van der Waals surface area contributed by atoms with Gasteiger partial charge in [-0.3, -0.25) is 4.79 Å². The van der Waals surface area contributed by atoms with Crippen LogP contribution in [0.4, 0.5) is 0 Å². The van der Waals surface area contributed by atoms with E-state index in [2.05, 4.69) is 0 Å². The predicted molar refractivity (Wildman–Crippen MR) is 83.0 cm³/mol. The third kappa shape index (κ3) is 3.77. The molecule has 112 valence electrons. The first kappa shape index (κ1) is 17.5. The molecule has 2 N–H and O–H groups in total. The topological polar surface area (TPSA) is 55.6 Å². The Balaban J connectivity index is 0.00000200. The second-order valence-corrected chi connectivity index (χ2v) is 5.41. The van der Waals surface area contributed by atoms with Crippen molar-refractivity contribution in [3.8, 4) is 0 Å². The van der Waals surface area contributed by atoms with Crippen LogP contribution in [-0.2, 0) is 4.74 Å². The molecule has 4 nitrogen and oxygen atoms in total. The van der Waals surface area contributed by atoms with Crippen molar-refractivity contribution in [2.75, 3.05) is 19.7 Å². The van der Waals surface area contributed by atoms with E-state index in [1.807, 2.05) is 6.92 Å². The van der Waals surface area contributed by atoms with Crippen LogP contribution in [0.15, 0.2) is 18.2 Å². The van der Waals surface area contributed by atoms with Crippen molar-refractivity contribution < 1.29 is 9.53 Å². The molecular weight excluding hydrogens is 323 g/mol. The molecule has 1 saturated heterocycles. The lowest BCUT2D eigenvalue weighted by Gasteiger charge is -2.34. The van der Waals surface area contributed by atoms with Crippen LogP contribution in [0.1, 0.15) is 17.3 Å². The Morgan fingerprint density at radius 3 is 2.85 bits per heavy atom. The summed E-state index contributed by atoms with van der Waals surface area (Å²) in [4.78, 5) is 14.1. The molecule has 1 heterocycles. The second kappa shape index (κ2) is 7.48. The molecule has 1 aromatic carbocycles. The molecule has 0 radical (unpaired) electrons. The zero-order chi connectivity index (χ0) is 14.0. The first-order valence-electron chi connectivity index (χ1n) is 6.11. The van der Waals surface area contributed by atoms with E-state index in [4.69, 9.17) is 33.7 Å². The van der Waals surface area contributed by atoms with Gasteiger partial charge in [-0.05, 0) is 19.1 Å². The van der Waals surface area contributed by atoms with E-state index in [0.29, 0.717) is 30.3 Å². The minimum atomic E-state index is -0.143. The maximum Gasteiger partial charge on any atom is 0.255 e. The van der Waals surface area contributed by atoms with Crippen molar-refractivity contribution in [3.63, 3.8) is 0 Å². The largest absolute Gasteiger partial charge is 0.373 e. The number of carbonyl (C=O) groups excluding carboxylic acids is 1. The smallest absolute Gasteiger partial charge is 0.255 e. The molecular formula is C13H17Cl3N2O2. The summed E-state index contributed by atoms with van der Waals surface area (Å²) in [5, 5.41) is 0.669. The maximum atomic E-state index is 12.4. The molecule has 0 bridgehead atoms. The fourth-order valence-electron chi connectivity index (χ4n) is 2.02. The SMILES string of the molecule is CC(N)C1CN(C(=O)c2cccc(Cl)c2Cl)CCO1.Cl. The van der Waals surface area contributed by atoms with E-state index in [1.165, 1.54) is 0 Å². The number of ether oxygens (including phenoxy) is 1. The molecule has 1 amide bonds. The summed E-state index contributed by atoms with van der Waals surface area (Å²) in [6.45, 7) is 3.35. The molecule has 0 spiro atoms. The van der Waals surface area contributed by atoms with Gasteiger partial charge in [0.2, 0.25) is 0 Å². The molecule has 0 aliphatic carbocycles. The summed E-state index contributed by atoms with van der Waals surface area (Å²) >= 11 is 12.0. The number of rotatable bonds is 2. The van der Waals surface area contributed by atoms with E-state index >= 15 is 0 Å². The number of nitrogens with zero attached hydrogens (tertiary/aromatic N) is 1. The van der Waals surface area contributed by atoms with Crippen LogP contribution >= 0.6 is 35.6 Å². The number of hydrogen-bond donors (Lipinski definition) is 1. The fourth-order valence-corrected chi connectivity index (χ4v) is 2.40. The summed E-state index contributed by atoms with van der Waals surface area (Å²) in [6.07, 6.45) is -0.143. The van der Waals surface area contributed by atoms with E-state index in [-0.39, 0.29) is 35.5 Å². The average Bonchev–Trinajstić information content (AvgIpc) is 2.41. The average molecular weight is 340 g/mol. The van der Waals surface area contributed by atoms with Crippen LogP contribution in [0, 0.1) is 0 Å². The van der Waals surface area contributed by atoms with Gasteiger partial charge in [-0.15, -0.1) is 12.4 Å². The number of amides is 1. The number of halogens is 3. The number of benzene rings is 1. The van der Waals surface area contributed by atoms with Gasteiger partial charge in [-0.2, -0.15) is 0 Å². The Kier molecular flexibility index (Phi) is 6.55. The second-order valence-electron chi connectivity index (χ2n) is 4.62. The predicted octanol–water partition coefficient (Wildman–Crippen LogP) is 2.60. The Hall–Kier alpha value is -0.520. The van der Waals surface area contributed by atoms with Crippen molar-refractivity contribution in [1.82, 2.24) is 4.90 Å². The molecule has 0 saturated carbocycles. The van der Waals surface area contributed by atoms with E-state index in [0.717, 1.165) is 0 Å². The van der Waals surface area contributed by atoms with Gasteiger partial charge >= 0.3 is 0 Å². The fraction of sp³-hybridized carbons (Fsp3) is 0.462. The minimum absolute atomic E-state index is 0. The van der Waals surface area contributed by atoms with Gasteiger partial charge in [-0.25, -0.2) is 0 Å². The van der Waals surface area contributed by atoms with Gasteiger partial charge in [0, 0.05) is 19.1 Å². The zero-order valence-electron chi connectivity index (χ0n) is 11.0. The molecule has 1 aliphatic heterocycles. The highest BCUT2D eigenvalue weighted by atomic mass is 35.5. The number of nitrogens with two attached hydrogens (primary N) is 1. The highest BCUT2D eigenvalue weighted by Gasteiger charge is 2.28. The molecule has 7 heteroatoms. The van der Waals surface area contributed by atoms with E-state index in [9.17, 15) is 4.79 Å². The third-order valence-electron chi connectivity index (χ3n) is 3.15. The molecule has 1 fully saturated rings. The van der Waals surface area contributed by atoms with Gasteiger partial charge in [0.15, 0.2) is 0 Å². The van der Waals surface area contributed by atoms with Crippen molar-refractivity contribution in [2.45, 2.75) is 19.1 Å². The maximum absolute atomic E-state index is 12.4. The van der Waals surface area contributed by atoms with Gasteiger partial charge in [0.25, 0.3) is 5.91 Å². The lowest BCUT2D eigenvalue weighted by molar-refractivity contribution is -0.0300. The highest BCUT2D eigenvalue weighted by Crippen LogP contribution is 2.27. The van der Waals surface area contributed by atoms with Crippen molar-refractivity contribution in [1.29, 1.82) is 0 Å².